The predicted molar refractivity (Wildman–Crippen MR) is 133 cm³/mol. The van der Waals surface area contributed by atoms with Crippen molar-refractivity contribution in [2.24, 2.45) is 46.3 Å². The molecule has 0 aliphatic heterocycles. The van der Waals surface area contributed by atoms with E-state index in [1.54, 1.807) is 5.57 Å². The monoisotopic (exact) mass is 428 g/mol. The molecule has 0 aromatic carbocycles. The second kappa shape index (κ2) is 8.81. The lowest BCUT2D eigenvalue weighted by atomic mass is 9.46. The lowest BCUT2D eigenvalue weighted by Crippen LogP contribution is -2.52. The highest BCUT2D eigenvalue weighted by atomic mass is 16.3. The SMILES string of the molecule is CCC[C@]1(O)CC[C@@]2(C)C(=CC[C@H]3[C@@H]4CC[C@H]([C@H](C)CCCC(C)C)[C@@]4(C)CC[C@@H]32)C1. The van der Waals surface area contributed by atoms with E-state index in [1.807, 2.05) is 0 Å². The van der Waals surface area contributed by atoms with E-state index in [4.69, 9.17) is 0 Å². The summed E-state index contributed by atoms with van der Waals surface area (Å²) in [4.78, 5) is 0. The molecular weight excluding hydrogens is 376 g/mol. The quantitative estimate of drug-likeness (QED) is 0.403. The molecule has 31 heavy (non-hydrogen) atoms. The molecular formula is C30H52O. The molecule has 0 saturated heterocycles. The number of aliphatic hydroxyl groups is 1. The summed E-state index contributed by atoms with van der Waals surface area (Å²) in [7, 11) is 0. The Labute approximate surface area is 193 Å². The van der Waals surface area contributed by atoms with E-state index in [2.05, 4.69) is 47.6 Å². The van der Waals surface area contributed by atoms with Crippen molar-refractivity contribution in [3.05, 3.63) is 11.6 Å². The minimum atomic E-state index is -0.417. The van der Waals surface area contributed by atoms with E-state index in [-0.39, 0.29) is 0 Å². The van der Waals surface area contributed by atoms with Gasteiger partial charge in [0.25, 0.3) is 0 Å². The molecule has 4 aliphatic carbocycles. The van der Waals surface area contributed by atoms with Crippen molar-refractivity contribution in [1.82, 2.24) is 0 Å². The van der Waals surface area contributed by atoms with E-state index >= 15 is 0 Å². The minimum absolute atomic E-state index is 0.366. The van der Waals surface area contributed by atoms with Gasteiger partial charge in [-0.25, -0.2) is 0 Å². The lowest BCUT2D eigenvalue weighted by Gasteiger charge is -2.59. The molecule has 1 N–H and O–H groups in total. The van der Waals surface area contributed by atoms with Gasteiger partial charge in [-0.2, -0.15) is 0 Å². The van der Waals surface area contributed by atoms with Gasteiger partial charge in [0.05, 0.1) is 5.60 Å². The highest BCUT2D eigenvalue weighted by molar-refractivity contribution is 5.27. The summed E-state index contributed by atoms with van der Waals surface area (Å²) < 4.78 is 0. The summed E-state index contributed by atoms with van der Waals surface area (Å²) in [5.74, 6) is 5.41. The Bertz CT molecular complexity index is 663. The van der Waals surface area contributed by atoms with Crippen LogP contribution in [0.2, 0.25) is 0 Å². The molecule has 0 spiro atoms. The largest absolute Gasteiger partial charge is 0.390 e. The van der Waals surface area contributed by atoms with Gasteiger partial charge in [0.2, 0.25) is 0 Å². The Morgan fingerprint density at radius 1 is 1.00 bits per heavy atom. The average Bonchev–Trinajstić information content (AvgIpc) is 3.06. The van der Waals surface area contributed by atoms with Crippen LogP contribution in [0.1, 0.15) is 125 Å². The van der Waals surface area contributed by atoms with Crippen molar-refractivity contribution in [2.75, 3.05) is 0 Å². The molecule has 0 heterocycles. The van der Waals surface area contributed by atoms with Crippen molar-refractivity contribution in [3.8, 4) is 0 Å². The van der Waals surface area contributed by atoms with Gasteiger partial charge in [0, 0.05) is 0 Å². The van der Waals surface area contributed by atoms with Crippen molar-refractivity contribution >= 4 is 0 Å². The first-order chi connectivity index (χ1) is 14.6. The lowest BCUT2D eigenvalue weighted by molar-refractivity contribution is -0.0767. The van der Waals surface area contributed by atoms with Gasteiger partial charge in [0.15, 0.2) is 0 Å². The maximum absolute atomic E-state index is 11.2. The van der Waals surface area contributed by atoms with Crippen LogP contribution in [0.25, 0.3) is 0 Å². The van der Waals surface area contributed by atoms with Crippen molar-refractivity contribution in [1.29, 1.82) is 0 Å². The smallest absolute Gasteiger partial charge is 0.0685 e. The zero-order chi connectivity index (χ0) is 22.4. The number of rotatable bonds is 7. The first kappa shape index (κ1) is 23.8. The van der Waals surface area contributed by atoms with Crippen molar-refractivity contribution in [2.45, 2.75) is 131 Å². The van der Waals surface area contributed by atoms with Gasteiger partial charge in [-0.15, -0.1) is 0 Å². The van der Waals surface area contributed by atoms with Crippen LogP contribution in [0.3, 0.4) is 0 Å². The molecule has 178 valence electrons. The maximum Gasteiger partial charge on any atom is 0.0685 e. The fourth-order valence-electron chi connectivity index (χ4n) is 9.42. The van der Waals surface area contributed by atoms with Gasteiger partial charge in [-0.3, -0.25) is 0 Å². The highest BCUT2D eigenvalue weighted by Crippen LogP contribution is 2.67. The molecule has 3 fully saturated rings. The highest BCUT2D eigenvalue weighted by Gasteiger charge is 2.59. The Hall–Kier alpha value is -0.300. The molecule has 8 atom stereocenters. The third-order valence-electron chi connectivity index (χ3n) is 11.2. The maximum atomic E-state index is 11.2. The molecule has 0 amide bonds. The molecule has 4 rings (SSSR count). The van der Waals surface area contributed by atoms with Gasteiger partial charge >= 0.3 is 0 Å². The summed E-state index contributed by atoms with van der Waals surface area (Å²) in [5, 5.41) is 11.2. The number of fused-ring (bicyclic) bond motifs is 5. The van der Waals surface area contributed by atoms with E-state index < -0.39 is 5.60 Å². The summed E-state index contributed by atoms with van der Waals surface area (Å²) in [6, 6.07) is 0. The van der Waals surface area contributed by atoms with Crippen LogP contribution in [0.4, 0.5) is 0 Å². The molecule has 1 nitrogen and oxygen atoms in total. The molecule has 0 bridgehead atoms. The zero-order valence-electron chi connectivity index (χ0n) is 21.7. The minimum Gasteiger partial charge on any atom is -0.390 e. The second-order valence-corrected chi connectivity index (χ2v) is 13.4. The van der Waals surface area contributed by atoms with Crippen LogP contribution in [-0.4, -0.2) is 10.7 Å². The van der Waals surface area contributed by atoms with Crippen LogP contribution in [0.5, 0.6) is 0 Å². The normalized spacial score (nSPS) is 45.6. The third-order valence-corrected chi connectivity index (χ3v) is 11.2. The van der Waals surface area contributed by atoms with Gasteiger partial charge in [-0.05, 0) is 104 Å². The topological polar surface area (TPSA) is 20.2 Å². The van der Waals surface area contributed by atoms with E-state index in [0.29, 0.717) is 10.8 Å². The standard InChI is InChI=1S/C30H52O/c1-7-16-30(31)19-18-28(5)23(20-30)11-12-24-26-14-13-25(22(4)10-8-9-21(2)3)29(26,6)17-15-27(24)28/h11,21-22,24-27,31H,7-10,12-20H2,1-6H3/t22-,24+,25-,26+,27+,28+,29-,30+/m1/s1. The third kappa shape index (κ3) is 4.20. The van der Waals surface area contributed by atoms with E-state index in [9.17, 15) is 5.11 Å². The first-order valence-corrected chi connectivity index (χ1v) is 14.0. The van der Waals surface area contributed by atoms with E-state index in [1.165, 1.54) is 57.8 Å². The molecule has 0 aromatic rings. The second-order valence-electron chi connectivity index (χ2n) is 13.4. The molecule has 0 radical (unpaired) electrons. The average molecular weight is 429 g/mol. The predicted octanol–water partition coefficient (Wildman–Crippen LogP) is 8.56. The Morgan fingerprint density at radius 2 is 1.77 bits per heavy atom. The Kier molecular flexibility index (Phi) is 6.78. The molecule has 0 aromatic heterocycles. The Morgan fingerprint density at radius 3 is 2.48 bits per heavy atom. The zero-order valence-corrected chi connectivity index (χ0v) is 21.7. The molecule has 3 saturated carbocycles. The summed E-state index contributed by atoms with van der Waals surface area (Å²) >= 11 is 0. The fourth-order valence-corrected chi connectivity index (χ4v) is 9.42. The van der Waals surface area contributed by atoms with Crippen molar-refractivity contribution in [3.63, 3.8) is 0 Å². The van der Waals surface area contributed by atoms with Crippen LogP contribution >= 0.6 is 0 Å². The molecule has 4 aliphatic rings. The molecule has 0 unspecified atom stereocenters. The van der Waals surface area contributed by atoms with Crippen LogP contribution < -0.4 is 0 Å². The number of hydrogen-bond acceptors (Lipinski definition) is 1. The fraction of sp³-hybridized carbons (Fsp3) is 0.933. The summed E-state index contributed by atoms with van der Waals surface area (Å²) in [6.07, 6.45) is 19.3. The van der Waals surface area contributed by atoms with Gasteiger partial charge in [0.1, 0.15) is 0 Å². The Balaban J connectivity index is 1.49. The van der Waals surface area contributed by atoms with E-state index in [0.717, 1.165) is 61.2 Å². The van der Waals surface area contributed by atoms with Crippen LogP contribution in [0.15, 0.2) is 11.6 Å². The van der Waals surface area contributed by atoms with Crippen molar-refractivity contribution < 1.29 is 5.11 Å². The van der Waals surface area contributed by atoms with Gasteiger partial charge < -0.3 is 5.11 Å². The van der Waals surface area contributed by atoms with Crippen LogP contribution in [0, 0.1) is 46.3 Å². The number of allylic oxidation sites excluding steroid dienone is 1. The van der Waals surface area contributed by atoms with Gasteiger partial charge in [-0.1, -0.05) is 78.9 Å². The summed E-state index contributed by atoms with van der Waals surface area (Å²) in [6.45, 7) is 14.8. The molecule has 1 heteroatoms. The first-order valence-electron chi connectivity index (χ1n) is 14.0. The summed E-state index contributed by atoms with van der Waals surface area (Å²) in [5.41, 5.74) is 2.17. The number of hydrogen-bond donors (Lipinski definition) is 1. The van der Waals surface area contributed by atoms with Crippen LogP contribution in [-0.2, 0) is 0 Å².